The third-order valence-electron chi connectivity index (χ3n) is 9.65. The number of aliphatic hydroxyl groups excluding tert-OH is 2. The Morgan fingerprint density at radius 3 is 1.02 bits per heavy atom. The Morgan fingerprint density at radius 2 is 0.687 bits per heavy atom. The van der Waals surface area contributed by atoms with Crippen LogP contribution in [-0.4, -0.2) is 145 Å². The van der Waals surface area contributed by atoms with Crippen LogP contribution in [0.2, 0.25) is 0 Å². The van der Waals surface area contributed by atoms with Gasteiger partial charge in [0.25, 0.3) is 0 Å². The molecular formula is C41H57F21N4O17. The van der Waals surface area contributed by atoms with Gasteiger partial charge in [0.1, 0.15) is 0 Å². The maximum absolute atomic E-state index is 13.8. The second kappa shape index (κ2) is 38.7. The fourth-order valence-electron chi connectivity index (χ4n) is 6.06. The van der Waals surface area contributed by atoms with Gasteiger partial charge in [-0.25, -0.2) is 73.8 Å². The lowest BCUT2D eigenvalue weighted by molar-refractivity contribution is -0.547. The fraction of sp³-hybridized carbons (Fsp3) is 0.854. The van der Waals surface area contributed by atoms with E-state index in [0.717, 1.165) is 13.7 Å². The molecule has 0 radical (unpaired) electrons. The van der Waals surface area contributed by atoms with E-state index < -0.39 is 138 Å². The molecule has 0 aliphatic carbocycles. The maximum atomic E-state index is 13.8. The normalized spacial score (nSPS) is 12.7. The number of alkyl halides is 21. The van der Waals surface area contributed by atoms with Crippen LogP contribution in [0, 0.1) is 0 Å². The Bertz CT molecular complexity index is 2070. The highest BCUT2D eigenvalue weighted by atomic mass is 19.4. The van der Waals surface area contributed by atoms with Gasteiger partial charge in [-0.2, -0.15) is 52.7 Å². The highest BCUT2D eigenvalue weighted by molar-refractivity contribution is 5.69. The number of aliphatic hydroxyl groups is 2. The Balaban J connectivity index is 0. The van der Waals surface area contributed by atoms with E-state index in [-0.39, 0.29) is 96.8 Å². The minimum Gasteiger partial charge on any atom is -0.456 e. The van der Waals surface area contributed by atoms with Crippen molar-refractivity contribution >= 4 is 18.0 Å². The highest BCUT2D eigenvalue weighted by Gasteiger charge is 2.69. The van der Waals surface area contributed by atoms with Crippen molar-refractivity contribution in [1.82, 2.24) is 19.0 Å². The van der Waals surface area contributed by atoms with Crippen LogP contribution < -0.4 is 22.4 Å². The predicted molar refractivity (Wildman–Crippen MR) is 230 cm³/mol. The summed E-state index contributed by atoms with van der Waals surface area (Å²) in [7, 11) is 0. The number of nitrogens with one attached hydrogen (secondary N) is 1. The molecule has 42 heteroatoms. The van der Waals surface area contributed by atoms with Crippen molar-refractivity contribution in [3.05, 3.63) is 31.5 Å². The number of carbonyl (C=O) groups excluding carboxylic acids is 3. The third-order valence-corrected chi connectivity index (χ3v) is 9.65. The predicted octanol–water partition coefficient (Wildman–Crippen LogP) is 8.58. The first-order chi connectivity index (χ1) is 38.3. The molecule has 0 atom stereocenters. The second-order valence-electron chi connectivity index (χ2n) is 16.0. The molecule has 0 unspecified atom stereocenters. The van der Waals surface area contributed by atoms with Gasteiger partial charge in [-0.3, -0.25) is 19.1 Å². The third kappa shape index (κ3) is 33.2. The van der Waals surface area contributed by atoms with Crippen LogP contribution in [0.3, 0.4) is 0 Å². The number of alkyl carbamates (subject to hydrolysis) is 1. The van der Waals surface area contributed by atoms with E-state index in [2.05, 4.69) is 42.6 Å². The van der Waals surface area contributed by atoms with Crippen molar-refractivity contribution < 1.29 is 159 Å². The number of rotatable bonds is 42. The van der Waals surface area contributed by atoms with Gasteiger partial charge in [0.2, 0.25) is 6.86 Å². The number of aromatic nitrogens is 3. The molecule has 0 aliphatic heterocycles. The standard InChI is InChI=1S/C39H51F19N4O15.2CH3FO/c40-23-71-27(64)16-10-4-2-7-13-19-61-29(66)60(18-12-6-1-3-9-15-26(63)69-21-32(43,44)74-34(47,48)36(51,52)76-38(55,56)72-24-41)30(67)62(31(61)68)20-14-8-5-11-17-59-28(65)70-22-33(45,46)75-35(49,50)37(53,54)77-39(57,58)73-25-42;2*2-1-3/h1-25H2,(H,59,65);2*3H,1H2. The van der Waals surface area contributed by atoms with Crippen molar-refractivity contribution in [3.63, 3.8) is 0 Å². The van der Waals surface area contributed by atoms with Gasteiger partial charge in [-0.1, -0.05) is 51.4 Å². The molecule has 1 rings (SSSR count). The van der Waals surface area contributed by atoms with Gasteiger partial charge >= 0.3 is 84.3 Å². The fourth-order valence-corrected chi connectivity index (χ4v) is 6.06. The summed E-state index contributed by atoms with van der Waals surface area (Å²) in [5, 5.41) is 15.7. The van der Waals surface area contributed by atoms with Crippen LogP contribution >= 0.6 is 0 Å². The summed E-state index contributed by atoms with van der Waals surface area (Å²) >= 11 is 0. The van der Waals surface area contributed by atoms with Gasteiger partial charge in [-0.15, -0.1) is 17.6 Å². The Hall–Kier alpha value is -5.17. The molecule has 1 amide bonds. The molecule has 0 bridgehead atoms. The molecule has 0 aliphatic rings. The van der Waals surface area contributed by atoms with Gasteiger partial charge in [0, 0.05) is 39.0 Å². The van der Waals surface area contributed by atoms with Gasteiger partial charge in [0.05, 0.1) is 0 Å². The smallest absolute Gasteiger partial charge is 0.456 e. The summed E-state index contributed by atoms with van der Waals surface area (Å²) in [6.45, 7) is -14.8. The maximum Gasteiger partial charge on any atom is 0.492 e. The van der Waals surface area contributed by atoms with E-state index in [1.807, 2.05) is 5.32 Å². The molecule has 1 aromatic heterocycles. The van der Waals surface area contributed by atoms with E-state index in [4.69, 9.17) is 10.2 Å². The lowest BCUT2D eigenvalue weighted by Gasteiger charge is -2.30. The van der Waals surface area contributed by atoms with Crippen LogP contribution in [0.25, 0.3) is 0 Å². The number of unbranched alkanes of at least 4 members (excludes halogenated alkanes) is 11. The number of hydrogen-bond donors (Lipinski definition) is 3. The number of ether oxygens (including phenoxy) is 9. The molecule has 0 aromatic carbocycles. The van der Waals surface area contributed by atoms with Crippen molar-refractivity contribution in [2.45, 2.75) is 172 Å². The average Bonchev–Trinajstić information content (AvgIpc) is 3.46. The van der Waals surface area contributed by atoms with Crippen molar-refractivity contribution in [2.24, 2.45) is 0 Å². The Morgan fingerprint density at radius 1 is 0.398 bits per heavy atom. The Kier molecular flexibility index (Phi) is 37.3. The van der Waals surface area contributed by atoms with Crippen LogP contribution in [0.5, 0.6) is 0 Å². The summed E-state index contributed by atoms with van der Waals surface area (Å²) in [6, 6.07) is 0. The van der Waals surface area contributed by atoms with Gasteiger partial charge < -0.3 is 29.7 Å². The molecule has 0 fully saturated rings. The molecule has 490 valence electrons. The van der Waals surface area contributed by atoms with Crippen LogP contribution in [0.4, 0.5) is 97.0 Å². The molecule has 3 N–H and O–H groups in total. The molecule has 0 saturated carbocycles. The largest absolute Gasteiger partial charge is 0.492 e. The van der Waals surface area contributed by atoms with Crippen LogP contribution in [0.15, 0.2) is 14.4 Å². The Labute approximate surface area is 453 Å². The van der Waals surface area contributed by atoms with Crippen molar-refractivity contribution in [3.8, 4) is 0 Å². The van der Waals surface area contributed by atoms with E-state index in [1.54, 1.807) is 0 Å². The van der Waals surface area contributed by atoms with Crippen LogP contribution in [0.1, 0.15) is 103 Å². The van der Waals surface area contributed by atoms with Gasteiger partial charge in [-0.05, 0) is 38.5 Å². The monoisotopic (exact) mass is 1280 g/mol. The molecule has 21 nitrogen and oxygen atoms in total. The van der Waals surface area contributed by atoms with Crippen LogP contribution in [-0.2, 0) is 71.9 Å². The molecule has 1 aromatic rings. The zero-order valence-corrected chi connectivity index (χ0v) is 42.9. The minimum absolute atomic E-state index is 0.0250. The topological polar surface area (TPSA) is 253 Å². The summed E-state index contributed by atoms with van der Waals surface area (Å²) in [4.78, 5) is 75.2. The summed E-state index contributed by atoms with van der Waals surface area (Å²) < 4.78 is 300. The lowest BCUT2D eigenvalue weighted by Crippen LogP contribution is -2.54. The number of nitrogens with zero attached hydrogens (tertiary/aromatic N) is 3. The summed E-state index contributed by atoms with van der Waals surface area (Å²) in [5.41, 5.74) is -3.05. The molecular weight excluding hydrogens is 1220 g/mol. The second-order valence-corrected chi connectivity index (χ2v) is 16.0. The van der Waals surface area contributed by atoms with E-state index in [1.165, 1.54) is 0 Å². The quantitative estimate of drug-likeness (QED) is 0.0182. The molecule has 0 spiro atoms. The molecule has 83 heavy (non-hydrogen) atoms. The highest BCUT2D eigenvalue weighted by Crippen LogP contribution is 2.45. The van der Waals surface area contributed by atoms with Crippen molar-refractivity contribution in [2.75, 3.05) is 54.1 Å². The first-order valence-electron chi connectivity index (χ1n) is 23.6. The first-order valence-corrected chi connectivity index (χ1v) is 23.6. The number of carbonyl (C=O) groups is 3. The minimum atomic E-state index is -6.54. The van der Waals surface area contributed by atoms with E-state index >= 15 is 0 Å². The molecule has 1 heterocycles. The van der Waals surface area contributed by atoms with E-state index in [9.17, 15) is 121 Å². The molecule has 0 saturated heterocycles. The zero-order chi connectivity index (χ0) is 64.4. The first kappa shape index (κ1) is 79.9. The summed E-state index contributed by atoms with van der Waals surface area (Å²) in [6.07, 6.45) is -47.9. The number of amides is 1. The van der Waals surface area contributed by atoms with Crippen molar-refractivity contribution in [1.29, 1.82) is 0 Å². The van der Waals surface area contributed by atoms with E-state index in [0.29, 0.717) is 25.7 Å². The lowest BCUT2D eigenvalue weighted by atomic mass is 10.1. The zero-order valence-electron chi connectivity index (χ0n) is 42.9. The summed E-state index contributed by atoms with van der Waals surface area (Å²) in [5.74, 6) is -2.24. The van der Waals surface area contributed by atoms with Gasteiger partial charge in [0.15, 0.2) is 40.7 Å². The SMILES string of the molecule is O=C(CCCCCCCn1c(=O)n(CCCCCCCC(=O)OCC(F)(F)OC(F)(F)C(F)(F)OC(F)(F)OCF)c(=O)n(CCCCCCNC(=O)OCC(F)(F)OC(F)(F)C(F)(F)OC(F)(F)OCF)c1=O)OCF.OCF.OCF. The number of hydrogen-bond acceptors (Lipinski definition) is 17. The number of esters is 2. The number of halogens is 21. The average molecular weight is 1280 g/mol.